The van der Waals surface area contributed by atoms with Crippen molar-refractivity contribution in [2.45, 2.75) is 32.8 Å². The number of likely N-dealkylation sites (tertiary alicyclic amines) is 1. The number of nitrogens with zero attached hydrogens (tertiary/aromatic N) is 1. The summed E-state index contributed by atoms with van der Waals surface area (Å²) in [5.41, 5.74) is -0.421. The average molecular weight is 270 g/mol. The second-order valence-corrected chi connectivity index (χ2v) is 6.48. The van der Waals surface area contributed by atoms with E-state index in [1.54, 1.807) is 0 Å². The molecule has 2 heterocycles. The highest BCUT2D eigenvalue weighted by molar-refractivity contribution is 5.72. The van der Waals surface area contributed by atoms with Gasteiger partial charge < -0.3 is 19.7 Å². The minimum Gasteiger partial charge on any atom is -0.465 e. The molecule has 0 atom stereocenters. The first-order valence-corrected chi connectivity index (χ1v) is 6.63. The molecule has 0 saturated carbocycles. The van der Waals surface area contributed by atoms with Gasteiger partial charge in [-0.3, -0.25) is 4.79 Å². The molecule has 0 radical (unpaired) electrons. The van der Waals surface area contributed by atoms with Crippen LogP contribution in [0.3, 0.4) is 0 Å². The third-order valence-electron chi connectivity index (χ3n) is 3.27. The van der Waals surface area contributed by atoms with Crippen LogP contribution in [-0.4, -0.2) is 55.3 Å². The quantitative estimate of drug-likeness (QED) is 0.767. The Kier molecular flexibility index (Phi) is 3.71. The molecule has 2 rings (SSSR count). The zero-order valence-electron chi connectivity index (χ0n) is 11.8. The molecule has 2 saturated heterocycles. The van der Waals surface area contributed by atoms with Crippen molar-refractivity contribution in [3.8, 4) is 0 Å². The highest BCUT2D eigenvalue weighted by atomic mass is 16.6. The van der Waals surface area contributed by atoms with Crippen molar-refractivity contribution in [2.24, 2.45) is 5.41 Å². The second-order valence-electron chi connectivity index (χ2n) is 6.48. The van der Waals surface area contributed by atoms with Crippen LogP contribution < -0.4 is 5.32 Å². The van der Waals surface area contributed by atoms with Gasteiger partial charge in [0.25, 0.3) is 0 Å². The predicted octanol–water partition coefficient (Wildman–Crippen LogP) is 0.760. The first kappa shape index (κ1) is 14.1. The summed E-state index contributed by atoms with van der Waals surface area (Å²) in [5.74, 6) is -0.0912. The van der Waals surface area contributed by atoms with Crippen LogP contribution >= 0.6 is 0 Å². The molecule has 0 unspecified atom stereocenters. The van der Waals surface area contributed by atoms with E-state index in [0.29, 0.717) is 19.6 Å². The molecule has 19 heavy (non-hydrogen) atoms. The van der Waals surface area contributed by atoms with E-state index in [4.69, 9.17) is 9.47 Å². The Labute approximate surface area is 113 Å². The smallest absolute Gasteiger partial charge is 0.407 e. The van der Waals surface area contributed by atoms with Gasteiger partial charge in [-0.15, -0.1) is 0 Å². The van der Waals surface area contributed by atoms with E-state index in [2.05, 4.69) is 10.2 Å². The van der Waals surface area contributed by atoms with Gasteiger partial charge in [-0.1, -0.05) is 0 Å². The molecule has 0 aromatic carbocycles. The fraction of sp³-hybridized carbons (Fsp3) is 0.846. The van der Waals surface area contributed by atoms with E-state index < -0.39 is 5.60 Å². The highest BCUT2D eigenvalue weighted by Gasteiger charge is 2.49. The number of rotatable bonds is 3. The number of esters is 1. The molecular formula is C13H22N2O4. The number of amides is 1. The van der Waals surface area contributed by atoms with Crippen LogP contribution in [0.25, 0.3) is 0 Å². The largest absolute Gasteiger partial charge is 0.465 e. The summed E-state index contributed by atoms with van der Waals surface area (Å²) < 4.78 is 10.1. The van der Waals surface area contributed by atoms with Crippen LogP contribution in [-0.2, 0) is 14.3 Å². The van der Waals surface area contributed by atoms with Crippen LogP contribution in [0.5, 0.6) is 0 Å². The normalized spacial score (nSPS) is 21.9. The number of cyclic esters (lactones) is 1. The topological polar surface area (TPSA) is 67.9 Å². The van der Waals surface area contributed by atoms with Crippen LogP contribution in [0.2, 0.25) is 0 Å². The van der Waals surface area contributed by atoms with Gasteiger partial charge in [0.1, 0.15) is 5.60 Å². The maximum Gasteiger partial charge on any atom is 0.407 e. The van der Waals surface area contributed by atoms with E-state index in [9.17, 15) is 9.59 Å². The van der Waals surface area contributed by atoms with Crippen molar-refractivity contribution in [2.75, 3.05) is 32.8 Å². The van der Waals surface area contributed by atoms with Crippen LogP contribution in [0.4, 0.5) is 4.79 Å². The maximum atomic E-state index is 11.4. The lowest BCUT2D eigenvalue weighted by atomic mass is 9.79. The molecule has 1 N–H and O–H groups in total. The molecule has 0 bridgehead atoms. The number of carbonyl (C=O) groups excluding carboxylic acids is 2. The van der Waals surface area contributed by atoms with E-state index in [-0.39, 0.29) is 17.5 Å². The molecule has 1 spiro atoms. The fourth-order valence-electron chi connectivity index (χ4n) is 2.54. The van der Waals surface area contributed by atoms with Crippen molar-refractivity contribution >= 4 is 12.1 Å². The lowest BCUT2D eigenvalue weighted by Crippen LogP contribution is -2.58. The molecular weight excluding hydrogens is 248 g/mol. The van der Waals surface area contributed by atoms with Crippen LogP contribution in [0, 0.1) is 5.41 Å². The summed E-state index contributed by atoms with van der Waals surface area (Å²) in [4.78, 5) is 24.7. The Morgan fingerprint density at radius 2 is 2.16 bits per heavy atom. The Hall–Kier alpha value is -1.30. The fourth-order valence-corrected chi connectivity index (χ4v) is 2.54. The molecule has 0 aromatic rings. The zero-order chi connectivity index (χ0) is 14.1. The van der Waals surface area contributed by atoms with Gasteiger partial charge in [-0.25, -0.2) is 4.79 Å². The summed E-state index contributed by atoms with van der Waals surface area (Å²) in [6.45, 7) is 9.12. The predicted molar refractivity (Wildman–Crippen MR) is 68.7 cm³/mol. The summed E-state index contributed by atoms with van der Waals surface area (Å²) in [5, 5.41) is 2.73. The standard InChI is InChI=1S/C13H22N2O4/c1-12(2,3)19-11(17)14-4-5-15-7-13(8-15)6-10(16)18-9-13/h4-9H2,1-3H3,(H,14,17). The summed E-state index contributed by atoms with van der Waals surface area (Å²) >= 11 is 0. The zero-order valence-corrected chi connectivity index (χ0v) is 11.8. The molecule has 6 heteroatoms. The SMILES string of the molecule is CC(C)(C)OC(=O)NCCN1CC2(COC(=O)C2)C1. The van der Waals surface area contributed by atoms with Gasteiger partial charge in [0.15, 0.2) is 0 Å². The molecule has 108 valence electrons. The van der Waals surface area contributed by atoms with Gasteiger partial charge in [0.05, 0.1) is 13.0 Å². The van der Waals surface area contributed by atoms with Gasteiger partial charge in [0.2, 0.25) is 0 Å². The van der Waals surface area contributed by atoms with E-state index >= 15 is 0 Å². The van der Waals surface area contributed by atoms with Crippen molar-refractivity contribution in [3.63, 3.8) is 0 Å². The van der Waals surface area contributed by atoms with E-state index in [1.807, 2.05) is 20.8 Å². The molecule has 0 aliphatic carbocycles. The number of alkyl carbamates (subject to hydrolysis) is 1. The number of hydrogen-bond acceptors (Lipinski definition) is 5. The van der Waals surface area contributed by atoms with Crippen molar-refractivity contribution < 1.29 is 19.1 Å². The summed E-state index contributed by atoms with van der Waals surface area (Å²) in [6, 6.07) is 0. The molecule has 2 fully saturated rings. The second kappa shape index (κ2) is 5.00. The van der Waals surface area contributed by atoms with Gasteiger partial charge in [-0.2, -0.15) is 0 Å². The number of carbonyl (C=O) groups is 2. The van der Waals surface area contributed by atoms with Crippen LogP contribution in [0.15, 0.2) is 0 Å². The van der Waals surface area contributed by atoms with Gasteiger partial charge >= 0.3 is 12.1 Å². The number of ether oxygens (including phenoxy) is 2. The highest BCUT2D eigenvalue weighted by Crippen LogP contribution is 2.38. The molecule has 2 aliphatic heterocycles. The monoisotopic (exact) mass is 270 g/mol. The van der Waals surface area contributed by atoms with Crippen molar-refractivity contribution in [3.05, 3.63) is 0 Å². The van der Waals surface area contributed by atoms with E-state index in [0.717, 1.165) is 19.6 Å². The third kappa shape index (κ3) is 3.83. The molecule has 1 amide bonds. The average Bonchev–Trinajstić information content (AvgIpc) is 2.56. The third-order valence-corrected chi connectivity index (χ3v) is 3.27. The Bertz CT molecular complexity index is 369. The number of nitrogens with one attached hydrogen (secondary N) is 1. The van der Waals surface area contributed by atoms with Crippen LogP contribution in [0.1, 0.15) is 27.2 Å². The minimum absolute atomic E-state index is 0.0446. The Morgan fingerprint density at radius 1 is 1.47 bits per heavy atom. The first-order chi connectivity index (χ1) is 8.78. The molecule has 6 nitrogen and oxygen atoms in total. The summed E-state index contributed by atoms with van der Waals surface area (Å²) in [7, 11) is 0. The Balaban J connectivity index is 1.59. The van der Waals surface area contributed by atoms with Gasteiger partial charge in [0, 0.05) is 31.6 Å². The lowest BCUT2D eigenvalue weighted by molar-refractivity contribution is -0.137. The van der Waals surface area contributed by atoms with E-state index in [1.165, 1.54) is 0 Å². The molecule has 0 aromatic heterocycles. The summed E-state index contributed by atoms with van der Waals surface area (Å²) in [6.07, 6.45) is 0.144. The number of hydrogen-bond donors (Lipinski definition) is 1. The first-order valence-electron chi connectivity index (χ1n) is 6.63. The lowest BCUT2D eigenvalue weighted by Gasteiger charge is -2.46. The van der Waals surface area contributed by atoms with Crippen molar-refractivity contribution in [1.29, 1.82) is 0 Å². The van der Waals surface area contributed by atoms with Gasteiger partial charge in [-0.05, 0) is 20.8 Å². The Morgan fingerprint density at radius 3 is 2.68 bits per heavy atom. The minimum atomic E-state index is -0.466. The van der Waals surface area contributed by atoms with Crippen molar-refractivity contribution in [1.82, 2.24) is 10.2 Å². The molecule has 2 aliphatic rings. The maximum absolute atomic E-state index is 11.4.